The number of hydrogen-bond acceptors (Lipinski definition) is 3. The average molecular weight is 253 g/mol. The molecule has 0 bridgehead atoms. The van der Waals surface area contributed by atoms with Crippen molar-refractivity contribution in [3.63, 3.8) is 0 Å². The Labute approximate surface area is 110 Å². The molecule has 0 radical (unpaired) electrons. The van der Waals surface area contributed by atoms with Gasteiger partial charge in [-0.3, -0.25) is 4.79 Å². The molecule has 0 aromatic carbocycles. The third kappa shape index (κ3) is 3.23. The van der Waals surface area contributed by atoms with Gasteiger partial charge in [0.05, 0.1) is 6.54 Å². The summed E-state index contributed by atoms with van der Waals surface area (Å²) in [6, 6.07) is 0.572. The van der Waals surface area contributed by atoms with Gasteiger partial charge in [-0.1, -0.05) is 12.8 Å². The van der Waals surface area contributed by atoms with Gasteiger partial charge in [0, 0.05) is 18.1 Å². The maximum atomic E-state index is 11.8. The smallest absolute Gasteiger partial charge is 0.234 e. The first-order valence-corrected chi connectivity index (χ1v) is 7.30. The van der Waals surface area contributed by atoms with Crippen LogP contribution >= 0.6 is 0 Å². The van der Waals surface area contributed by atoms with Gasteiger partial charge in [-0.15, -0.1) is 0 Å². The van der Waals surface area contributed by atoms with Gasteiger partial charge >= 0.3 is 0 Å². The lowest BCUT2D eigenvalue weighted by atomic mass is 9.75. The summed E-state index contributed by atoms with van der Waals surface area (Å²) in [5, 5.41) is 6.44. The van der Waals surface area contributed by atoms with Crippen LogP contribution in [0.15, 0.2) is 0 Å². The monoisotopic (exact) mass is 253 g/mol. The molecule has 0 spiro atoms. The van der Waals surface area contributed by atoms with Crippen molar-refractivity contribution in [2.45, 2.75) is 56.5 Å². The number of carbonyl (C=O) groups excluding carboxylic acids is 1. The molecule has 0 heterocycles. The van der Waals surface area contributed by atoms with Gasteiger partial charge in [-0.05, 0) is 46.2 Å². The van der Waals surface area contributed by atoms with Crippen molar-refractivity contribution in [1.29, 1.82) is 0 Å². The molecule has 2 rings (SSSR count). The lowest BCUT2D eigenvalue weighted by Crippen LogP contribution is -2.57. The summed E-state index contributed by atoms with van der Waals surface area (Å²) >= 11 is 0. The summed E-state index contributed by atoms with van der Waals surface area (Å²) in [5.41, 5.74) is 0.225. The molecule has 104 valence electrons. The first kappa shape index (κ1) is 13.8. The van der Waals surface area contributed by atoms with Crippen LogP contribution in [0.1, 0.15) is 44.9 Å². The van der Waals surface area contributed by atoms with Gasteiger partial charge in [-0.2, -0.15) is 0 Å². The first-order chi connectivity index (χ1) is 8.62. The number of likely N-dealkylation sites (N-methyl/N-ethyl adjacent to an activating group) is 1. The van der Waals surface area contributed by atoms with Crippen LogP contribution in [0.25, 0.3) is 0 Å². The Morgan fingerprint density at radius 1 is 1.22 bits per heavy atom. The van der Waals surface area contributed by atoms with Crippen molar-refractivity contribution >= 4 is 5.91 Å². The highest BCUT2D eigenvalue weighted by atomic mass is 16.1. The highest BCUT2D eigenvalue weighted by molar-refractivity contribution is 5.78. The highest BCUT2D eigenvalue weighted by Gasteiger charge is 2.39. The molecule has 2 aliphatic rings. The minimum absolute atomic E-state index is 0.148. The maximum absolute atomic E-state index is 11.8. The zero-order valence-corrected chi connectivity index (χ0v) is 11.8. The number of amides is 1. The van der Waals surface area contributed by atoms with Crippen LogP contribution in [-0.2, 0) is 4.79 Å². The Balaban J connectivity index is 1.64. The number of nitrogens with one attached hydrogen (secondary N) is 2. The fourth-order valence-corrected chi connectivity index (χ4v) is 3.06. The van der Waals surface area contributed by atoms with E-state index in [9.17, 15) is 4.79 Å². The molecule has 0 unspecified atom stereocenters. The quantitative estimate of drug-likeness (QED) is 0.745. The second-order valence-electron chi connectivity index (χ2n) is 6.11. The molecule has 2 saturated carbocycles. The van der Waals surface area contributed by atoms with Gasteiger partial charge < -0.3 is 15.5 Å². The molecular formula is C14H27N3O. The van der Waals surface area contributed by atoms with Gasteiger partial charge in [0.2, 0.25) is 5.91 Å². The minimum atomic E-state index is 0.148. The molecule has 0 aliphatic heterocycles. The average Bonchev–Trinajstić information content (AvgIpc) is 2.77. The molecule has 4 heteroatoms. The van der Waals surface area contributed by atoms with Gasteiger partial charge in [-0.25, -0.2) is 0 Å². The summed E-state index contributed by atoms with van der Waals surface area (Å²) in [4.78, 5) is 14.1. The minimum Gasteiger partial charge on any atom is -0.353 e. The van der Waals surface area contributed by atoms with E-state index in [2.05, 4.69) is 29.6 Å². The van der Waals surface area contributed by atoms with Crippen LogP contribution in [-0.4, -0.2) is 49.6 Å². The summed E-state index contributed by atoms with van der Waals surface area (Å²) in [6.07, 6.45) is 8.77. The normalized spacial score (nSPS) is 23.1. The maximum Gasteiger partial charge on any atom is 0.234 e. The fourth-order valence-electron chi connectivity index (χ4n) is 3.06. The van der Waals surface area contributed by atoms with E-state index in [4.69, 9.17) is 0 Å². The molecule has 0 aromatic rings. The molecular weight excluding hydrogens is 226 g/mol. The van der Waals surface area contributed by atoms with Crippen molar-refractivity contribution in [3.8, 4) is 0 Å². The molecule has 2 fully saturated rings. The fraction of sp³-hybridized carbons (Fsp3) is 0.929. The largest absolute Gasteiger partial charge is 0.353 e. The van der Waals surface area contributed by atoms with Crippen molar-refractivity contribution in [1.82, 2.24) is 15.5 Å². The zero-order valence-electron chi connectivity index (χ0n) is 11.8. The van der Waals surface area contributed by atoms with Crippen LogP contribution in [0.3, 0.4) is 0 Å². The van der Waals surface area contributed by atoms with Crippen molar-refractivity contribution in [3.05, 3.63) is 0 Å². The number of rotatable bonds is 6. The molecule has 2 N–H and O–H groups in total. The summed E-state index contributed by atoms with van der Waals surface area (Å²) in [6.45, 7) is 1.28. The van der Waals surface area contributed by atoms with E-state index in [1.807, 2.05) is 0 Å². The molecule has 0 aromatic heterocycles. The van der Waals surface area contributed by atoms with Crippen LogP contribution < -0.4 is 10.6 Å². The third-order valence-corrected chi connectivity index (χ3v) is 4.75. The Hall–Kier alpha value is -0.610. The standard InChI is InChI=1S/C14H27N3O/c1-17(2)14(8-5-9-14)11-16-13(18)10-15-12-6-3-4-7-12/h12,15H,3-11H2,1-2H3,(H,16,18). The lowest BCUT2D eigenvalue weighted by Gasteiger charge is -2.47. The lowest BCUT2D eigenvalue weighted by molar-refractivity contribution is -0.121. The molecule has 0 saturated heterocycles. The van der Waals surface area contributed by atoms with E-state index < -0.39 is 0 Å². The Kier molecular flexibility index (Phi) is 4.62. The SMILES string of the molecule is CN(C)C1(CNC(=O)CNC2CCCC2)CCC1. The summed E-state index contributed by atoms with van der Waals surface area (Å²) < 4.78 is 0. The second kappa shape index (κ2) is 6.02. The van der Waals surface area contributed by atoms with Crippen LogP contribution in [0, 0.1) is 0 Å². The van der Waals surface area contributed by atoms with E-state index in [1.165, 1.54) is 44.9 Å². The molecule has 0 atom stereocenters. The number of nitrogens with zero attached hydrogens (tertiary/aromatic N) is 1. The Morgan fingerprint density at radius 2 is 1.89 bits per heavy atom. The zero-order chi connectivity index (χ0) is 13.0. The molecule has 2 aliphatic carbocycles. The molecule has 4 nitrogen and oxygen atoms in total. The Morgan fingerprint density at radius 3 is 2.39 bits per heavy atom. The van der Waals surface area contributed by atoms with E-state index in [0.717, 1.165) is 6.54 Å². The second-order valence-corrected chi connectivity index (χ2v) is 6.11. The van der Waals surface area contributed by atoms with E-state index in [1.54, 1.807) is 0 Å². The topological polar surface area (TPSA) is 44.4 Å². The number of carbonyl (C=O) groups is 1. The predicted octanol–water partition coefficient (Wildman–Crippen LogP) is 1.12. The van der Waals surface area contributed by atoms with E-state index in [0.29, 0.717) is 12.6 Å². The van der Waals surface area contributed by atoms with Crippen LogP contribution in [0.2, 0.25) is 0 Å². The number of hydrogen-bond donors (Lipinski definition) is 2. The molecule has 18 heavy (non-hydrogen) atoms. The van der Waals surface area contributed by atoms with Gasteiger partial charge in [0.1, 0.15) is 0 Å². The van der Waals surface area contributed by atoms with E-state index >= 15 is 0 Å². The van der Waals surface area contributed by atoms with Crippen LogP contribution in [0.4, 0.5) is 0 Å². The highest BCUT2D eigenvalue weighted by Crippen LogP contribution is 2.35. The van der Waals surface area contributed by atoms with Crippen molar-refractivity contribution in [2.75, 3.05) is 27.2 Å². The van der Waals surface area contributed by atoms with Crippen molar-refractivity contribution in [2.24, 2.45) is 0 Å². The first-order valence-electron chi connectivity index (χ1n) is 7.30. The van der Waals surface area contributed by atoms with Gasteiger partial charge in [0.25, 0.3) is 0 Å². The van der Waals surface area contributed by atoms with E-state index in [-0.39, 0.29) is 11.4 Å². The van der Waals surface area contributed by atoms with Crippen LogP contribution in [0.5, 0.6) is 0 Å². The van der Waals surface area contributed by atoms with Gasteiger partial charge in [0.15, 0.2) is 0 Å². The summed E-state index contributed by atoms with van der Waals surface area (Å²) in [5.74, 6) is 0.148. The summed E-state index contributed by atoms with van der Waals surface area (Å²) in [7, 11) is 4.23. The Bertz CT molecular complexity index is 281. The molecule has 1 amide bonds. The van der Waals surface area contributed by atoms with Crippen molar-refractivity contribution < 1.29 is 4.79 Å². The third-order valence-electron chi connectivity index (χ3n) is 4.75. The predicted molar refractivity (Wildman–Crippen MR) is 73.5 cm³/mol.